The fraction of sp³-hybridized carbons (Fsp3) is 0.286. The van der Waals surface area contributed by atoms with Gasteiger partial charge in [-0.15, -0.1) is 0 Å². The first-order chi connectivity index (χ1) is 9.09. The van der Waals surface area contributed by atoms with E-state index in [1.165, 1.54) is 0 Å². The average molecular weight is 259 g/mol. The number of benzene rings is 1. The normalized spacial score (nSPS) is 10.4. The van der Waals surface area contributed by atoms with Crippen molar-refractivity contribution in [2.45, 2.75) is 20.3 Å². The standard InChI is InChI=1S/C14H17N3O2/c1-9-11(10(2)19-17-9)7-8-16-14(18)12-5-3-4-6-13(12)15/h3-6H,7-8,15H2,1-2H3,(H,16,18). The van der Waals surface area contributed by atoms with Gasteiger partial charge in [-0.2, -0.15) is 0 Å². The lowest BCUT2D eigenvalue weighted by molar-refractivity contribution is 0.0955. The number of aromatic nitrogens is 1. The molecular weight excluding hydrogens is 242 g/mol. The molecule has 5 heteroatoms. The zero-order chi connectivity index (χ0) is 13.8. The maximum absolute atomic E-state index is 11.9. The Morgan fingerprint density at radius 3 is 2.74 bits per heavy atom. The minimum atomic E-state index is -0.162. The molecule has 0 atom stereocenters. The van der Waals surface area contributed by atoms with Crippen LogP contribution in [0.5, 0.6) is 0 Å². The number of para-hydroxylation sites is 1. The molecule has 1 aromatic carbocycles. The number of anilines is 1. The average Bonchev–Trinajstić information content (AvgIpc) is 2.70. The van der Waals surface area contributed by atoms with E-state index in [0.29, 0.717) is 24.2 Å². The Kier molecular flexibility index (Phi) is 3.85. The Labute approximate surface area is 111 Å². The summed E-state index contributed by atoms with van der Waals surface area (Å²) in [4.78, 5) is 11.9. The molecule has 5 nitrogen and oxygen atoms in total. The van der Waals surface area contributed by atoms with Crippen molar-refractivity contribution < 1.29 is 9.32 Å². The predicted molar refractivity (Wildman–Crippen MR) is 72.9 cm³/mol. The zero-order valence-corrected chi connectivity index (χ0v) is 11.1. The van der Waals surface area contributed by atoms with Crippen LogP contribution < -0.4 is 11.1 Å². The Bertz CT molecular complexity index is 571. The lowest BCUT2D eigenvalue weighted by Crippen LogP contribution is -2.26. The van der Waals surface area contributed by atoms with Crippen molar-refractivity contribution >= 4 is 11.6 Å². The van der Waals surface area contributed by atoms with E-state index in [4.69, 9.17) is 10.3 Å². The number of hydrogen-bond donors (Lipinski definition) is 2. The zero-order valence-electron chi connectivity index (χ0n) is 11.1. The minimum Gasteiger partial charge on any atom is -0.398 e. The molecule has 0 saturated carbocycles. The molecule has 0 saturated heterocycles. The van der Waals surface area contributed by atoms with Gasteiger partial charge in [0.15, 0.2) is 0 Å². The highest BCUT2D eigenvalue weighted by atomic mass is 16.5. The van der Waals surface area contributed by atoms with E-state index in [9.17, 15) is 4.79 Å². The van der Waals surface area contributed by atoms with Gasteiger partial charge >= 0.3 is 0 Å². The molecule has 0 aliphatic carbocycles. The molecule has 0 spiro atoms. The van der Waals surface area contributed by atoms with Crippen molar-refractivity contribution in [3.63, 3.8) is 0 Å². The molecule has 1 aromatic heterocycles. The van der Waals surface area contributed by atoms with E-state index in [-0.39, 0.29) is 5.91 Å². The largest absolute Gasteiger partial charge is 0.398 e. The Morgan fingerprint density at radius 2 is 2.11 bits per heavy atom. The highest BCUT2D eigenvalue weighted by Gasteiger charge is 2.11. The number of rotatable bonds is 4. The molecule has 0 aliphatic heterocycles. The van der Waals surface area contributed by atoms with Gasteiger partial charge in [0, 0.05) is 17.8 Å². The van der Waals surface area contributed by atoms with Gasteiger partial charge in [0.25, 0.3) is 5.91 Å². The molecule has 0 radical (unpaired) electrons. The molecule has 1 amide bonds. The fourth-order valence-corrected chi connectivity index (χ4v) is 1.96. The van der Waals surface area contributed by atoms with Gasteiger partial charge < -0.3 is 15.6 Å². The highest BCUT2D eigenvalue weighted by Crippen LogP contribution is 2.13. The maximum atomic E-state index is 11.9. The summed E-state index contributed by atoms with van der Waals surface area (Å²) in [7, 11) is 0. The van der Waals surface area contributed by atoms with Crippen LogP contribution in [-0.2, 0) is 6.42 Å². The van der Waals surface area contributed by atoms with Crippen LogP contribution in [0.2, 0.25) is 0 Å². The second-order valence-electron chi connectivity index (χ2n) is 4.40. The van der Waals surface area contributed by atoms with E-state index >= 15 is 0 Å². The Balaban J connectivity index is 1.93. The number of nitrogens with one attached hydrogen (secondary N) is 1. The number of hydrogen-bond acceptors (Lipinski definition) is 4. The third-order valence-corrected chi connectivity index (χ3v) is 3.05. The van der Waals surface area contributed by atoms with E-state index in [1.807, 2.05) is 13.8 Å². The lowest BCUT2D eigenvalue weighted by Gasteiger charge is -2.07. The summed E-state index contributed by atoms with van der Waals surface area (Å²) >= 11 is 0. The third-order valence-electron chi connectivity index (χ3n) is 3.05. The Hall–Kier alpha value is -2.30. The topological polar surface area (TPSA) is 81.2 Å². The lowest BCUT2D eigenvalue weighted by atomic mass is 10.1. The van der Waals surface area contributed by atoms with Crippen molar-refractivity contribution in [2.75, 3.05) is 12.3 Å². The van der Waals surface area contributed by atoms with E-state index < -0.39 is 0 Å². The van der Waals surface area contributed by atoms with Crippen LogP contribution in [0.4, 0.5) is 5.69 Å². The number of carbonyl (C=O) groups is 1. The molecule has 3 N–H and O–H groups in total. The van der Waals surface area contributed by atoms with Crippen molar-refractivity contribution in [2.24, 2.45) is 0 Å². The second kappa shape index (κ2) is 5.56. The van der Waals surface area contributed by atoms with Gasteiger partial charge in [0.2, 0.25) is 0 Å². The SMILES string of the molecule is Cc1noc(C)c1CCNC(=O)c1ccccc1N. The van der Waals surface area contributed by atoms with Gasteiger partial charge in [-0.05, 0) is 32.4 Å². The number of nitrogens with zero attached hydrogens (tertiary/aromatic N) is 1. The van der Waals surface area contributed by atoms with Gasteiger partial charge in [0.05, 0.1) is 11.3 Å². The molecule has 1 heterocycles. The minimum absolute atomic E-state index is 0.162. The first kappa shape index (κ1) is 13.1. The molecule has 19 heavy (non-hydrogen) atoms. The first-order valence-electron chi connectivity index (χ1n) is 6.14. The fourth-order valence-electron chi connectivity index (χ4n) is 1.96. The van der Waals surface area contributed by atoms with Gasteiger partial charge in [-0.3, -0.25) is 4.79 Å². The summed E-state index contributed by atoms with van der Waals surface area (Å²) < 4.78 is 5.07. The number of nitrogens with two attached hydrogens (primary N) is 1. The van der Waals surface area contributed by atoms with Crippen LogP contribution in [0.3, 0.4) is 0 Å². The highest BCUT2D eigenvalue weighted by molar-refractivity contribution is 5.99. The quantitative estimate of drug-likeness (QED) is 0.821. The van der Waals surface area contributed by atoms with E-state index in [2.05, 4.69) is 10.5 Å². The smallest absolute Gasteiger partial charge is 0.253 e. The van der Waals surface area contributed by atoms with E-state index in [1.54, 1.807) is 24.3 Å². The molecule has 100 valence electrons. The van der Waals surface area contributed by atoms with Crippen molar-refractivity contribution in [3.05, 3.63) is 46.8 Å². The van der Waals surface area contributed by atoms with E-state index in [0.717, 1.165) is 17.0 Å². The van der Waals surface area contributed by atoms with Crippen LogP contribution in [0.25, 0.3) is 0 Å². The van der Waals surface area contributed by atoms with Gasteiger partial charge in [0.1, 0.15) is 5.76 Å². The van der Waals surface area contributed by atoms with Crippen LogP contribution in [-0.4, -0.2) is 17.6 Å². The Morgan fingerprint density at radius 1 is 1.37 bits per heavy atom. The third kappa shape index (κ3) is 2.93. The van der Waals surface area contributed by atoms with Crippen molar-refractivity contribution in [1.82, 2.24) is 10.5 Å². The predicted octanol–water partition coefficient (Wildman–Crippen LogP) is 1.85. The van der Waals surface area contributed by atoms with Crippen LogP contribution >= 0.6 is 0 Å². The molecule has 2 aromatic rings. The number of carbonyl (C=O) groups excluding carboxylic acids is 1. The first-order valence-corrected chi connectivity index (χ1v) is 6.14. The van der Waals surface area contributed by atoms with Gasteiger partial charge in [-0.1, -0.05) is 17.3 Å². The molecule has 0 bridgehead atoms. The van der Waals surface area contributed by atoms with Crippen molar-refractivity contribution in [1.29, 1.82) is 0 Å². The summed E-state index contributed by atoms with van der Waals surface area (Å²) in [6, 6.07) is 7.01. The van der Waals surface area contributed by atoms with Crippen LogP contribution in [0.15, 0.2) is 28.8 Å². The number of amides is 1. The summed E-state index contributed by atoms with van der Waals surface area (Å²) in [6.07, 6.45) is 0.694. The summed E-state index contributed by atoms with van der Waals surface area (Å²) in [5.41, 5.74) is 8.64. The maximum Gasteiger partial charge on any atom is 0.253 e. The molecule has 2 rings (SSSR count). The monoisotopic (exact) mass is 259 g/mol. The molecule has 0 aliphatic rings. The van der Waals surface area contributed by atoms with Crippen LogP contribution in [0, 0.1) is 13.8 Å². The van der Waals surface area contributed by atoms with Gasteiger partial charge in [-0.25, -0.2) is 0 Å². The van der Waals surface area contributed by atoms with Crippen LogP contribution in [0.1, 0.15) is 27.4 Å². The molecule has 0 unspecified atom stereocenters. The number of aryl methyl sites for hydroxylation is 2. The van der Waals surface area contributed by atoms with Crippen molar-refractivity contribution in [3.8, 4) is 0 Å². The summed E-state index contributed by atoms with van der Waals surface area (Å²) in [5.74, 6) is 0.635. The second-order valence-corrected chi connectivity index (χ2v) is 4.40. The molecule has 0 fully saturated rings. The molecular formula is C14H17N3O2. The number of nitrogen functional groups attached to an aromatic ring is 1. The summed E-state index contributed by atoms with van der Waals surface area (Å²) in [6.45, 7) is 4.28. The summed E-state index contributed by atoms with van der Waals surface area (Å²) in [5, 5.41) is 6.72.